The number of carbonyl (C=O) groups excluding carboxylic acids is 1. The second-order valence-electron chi connectivity index (χ2n) is 4.93. The van der Waals surface area contributed by atoms with Crippen LogP contribution in [0.25, 0.3) is 0 Å². The summed E-state index contributed by atoms with van der Waals surface area (Å²) in [6, 6.07) is 0. The fraction of sp³-hybridized carbons (Fsp3) is 0.769. The predicted molar refractivity (Wildman–Crippen MR) is 72.8 cm³/mol. The van der Waals surface area contributed by atoms with Crippen molar-refractivity contribution >= 4 is 18.2 Å². The molecule has 1 rings (SSSR count). The van der Waals surface area contributed by atoms with Crippen molar-refractivity contribution in [2.75, 3.05) is 20.6 Å². The van der Waals surface area contributed by atoms with Crippen molar-refractivity contribution in [1.29, 1.82) is 0 Å². The maximum Gasteiger partial charge on any atom is 0.161 e. The van der Waals surface area contributed by atoms with E-state index in [4.69, 9.17) is 4.74 Å². The summed E-state index contributed by atoms with van der Waals surface area (Å²) in [6.45, 7) is 6.69. The number of ketones is 1. The normalized spacial score (nSPS) is 22.1. The molecule has 0 spiro atoms. The van der Waals surface area contributed by atoms with E-state index in [1.807, 2.05) is 21.0 Å². The summed E-state index contributed by atoms with van der Waals surface area (Å²) in [7, 11) is 4.00. The van der Waals surface area contributed by atoms with E-state index in [-0.39, 0.29) is 30.4 Å². The Kier molecular flexibility index (Phi) is 7.68. The molecule has 0 amide bonds. The zero-order chi connectivity index (χ0) is 12.1. The average Bonchev–Trinajstić information content (AvgIpc) is 2.19. The highest BCUT2D eigenvalue weighted by Crippen LogP contribution is 2.20. The summed E-state index contributed by atoms with van der Waals surface area (Å²) < 4.78 is 5.89. The van der Waals surface area contributed by atoms with Crippen LogP contribution in [0, 0.1) is 0 Å². The average molecular weight is 262 g/mol. The number of hydrogen-bond acceptors (Lipinski definition) is 3. The van der Waals surface area contributed by atoms with E-state index in [2.05, 4.69) is 11.5 Å². The smallest absolute Gasteiger partial charge is 0.161 e. The van der Waals surface area contributed by atoms with Gasteiger partial charge in [-0.1, -0.05) is 12.2 Å². The quantitative estimate of drug-likeness (QED) is 0.712. The molecule has 17 heavy (non-hydrogen) atoms. The molecular formula is C13H24ClNO2. The molecule has 2 atom stereocenters. The molecule has 0 aromatic rings. The summed E-state index contributed by atoms with van der Waals surface area (Å²) in [6.07, 6.45) is 3.44. The van der Waals surface area contributed by atoms with Crippen molar-refractivity contribution in [3.63, 3.8) is 0 Å². The first-order valence-electron chi connectivity index (χ1n) is 5.99. The molecule has 0 saturated heterocycles. The number of halogens is 1. The van der Waals surface area contributed by atoms with Crippen molar-refractivity contribution in [3.8, 4) is 0 Å². The Balaban J connectivity index is 0.00000256. The number of nitrogens with zero attached hydrogens (tertiary/aromatic N) is 1. The Morgan fingerprint density at radius 2 is 2.18 bits per heavy atom. The number of hydrogen-bond donors (Lipinski definition) is 0. The highest BCUT2D eigenvalue weighted by atomic mass is 35.5. The molecule has 2 unspecified atom stereocenters. The van der Waals surface area contributed by atoms with Crippen LogP contribution >= 0.6 is 12.4 Å². The Morgan fingerprint density at radius 3 is 2.65 bits per heavy atom. The zero-order valence-electron chi connectivity index (χ0n) is 11.1. The lowest BCUT2D eigenvalue weighted by atomic mass is 9.96. The molecule has 4 heteroatoms. The first-order chi connectivity index (χ1) is 7.50. The van der Waals surface area contributed by atoms with Crippen LogP contribution in [0.15, 0.2) is 12.2 Å². The van der Waals surface area contributed by atoms with Gasteiger partial charge in [-0.05, 0) is 40.3 Å². The van der Waals surface area contributed by atoms with Gasteiger partial charge in [-0.25, -0.2) is 0 Å². The van der Waals surface area contributed by atoms with Gasteiger partial charge < -0.3 is 9.64 Å². The van der Waals surface area contributed by atoms with Crippen LogP contribution < -0.4 is 0 Å². The number of likely N-dealkylation sites (N-methyl/N-ethyl adjacent to an activating group) is 1. The van der Waals surface area contributed by atoms with E-state index in [9.17, 15) is 4.79 Å². The van der Waals surface area contributed by atoms with Gasteiger partial charge >= 0.3 is 0 Å². The third-order valence-corrected chi connectivity index (χ3v) is 2.91. The second-order valence-corrected chi connectivity index (χ2v) is 4.93. The largest absolute Gasteiger partial charge is 0.362 e. The van der Waals surface area contributed by atoms with Gasteiger partial charge in [0.1, 0.15) is 6.10 Å². The van der Waals surface area contributed by atoms with Gasteiger partial charge in [-0.15, -0.1) is 12.4 Å². The molecule has 1 aliphatic rings. The van der Waals surface area contributed by atoms with Crippen LogP contribution in [-0.2, 0) is 9.53 Å². The summed E-state index contributed by atoms with van der Waals surface area (Å²) in [5.41, 5.74) is 0.993. The van der Waals surface area contributed by atoms with Crippen LogP contribution in [0.2, 0.25) is 0 Å². The Labute approximate surface area is 111 Å². The minimum Gasteiger partial charge on any atom is -0.362 e. The first-order valence-corrected chi connectivity index (χ1v) is 5.99. The van der Waals surface area contributed by atoms with E-state index in [0.717, 1.165) is 31.4 Å². The summed E-state index contributed by atoms with van der Waals surface area (Å²) >= 11 is 0. The molecular weight excluding hydrogens is 238 g/mol. The van der Waals surface area contributed by atoms with Gasteiger partial charge in [0.2, 0.25) is 0 Å². The number of Topliss-reactive ketones (excluding diaryl/α,β-unsaturated/α-hetero) is 1. The van der Waals surface area contributed by atoms with Gasteiger partial charge in [0.05, 0.1) is 6.10 Å². The first kappa shape index (κ1) is 16.6. The molecule has 0 aromatic heterocycles. The van der Waals surface area contributed by atoms with Gasteiger partial charge in [-0.2, -0.15) is 0 Å². The zero-order valence-corrected chi connectivity index (χ0v) is 11.9. The van der Waals surface area contributed by atoms with Crippen molar-refractivity contribution in [3.05, 3.63) is 12.2 Å². The second kappa shape index (κ2) is 7.85. The third-order valence-electron chi connectivity index (χ3n) is 2.91. The molecule has 0 radical (unpaired) electrons. The van der Waals surface area contributed by atoms with Crippen LogP contribution in [-0.4, -0.2) is 43.5 Å². The molecule has 100 valence electrons. The van der Waals surface area contributed by atoms with Crippen LogP contribution in [0.1, 0.15) is 32.6 Å². The minimum atomic E-state index is -0.199. The van der Waals surface area contributed by atoms with E-state index in [1.165, 1.54) is 0 Å². The summed E-state index contributed by atoms with van der Waals surface area (Å²) in [5, 5.41) is 0. The molecule has 3 nitrogen and oxygen atoms in total. The van der Waals surface area contributed by atoms with Crippen molar-refractivity contribution in [1.82, 2.24) is 4.90 Å². The highest BCUT2D eigenvalue weighted by molar-refractivity contribution is 5.85. The molecule has 1 aliphatic carbocycles. The maximum absolute atomic E-state index is 11.7. The standard InChI is InChI=1S/C13H23NO2.ClH/c1-10(2)13(9-14(3)4)16-12-8-6-5-7-11(12)15;/h12-13H,1,5-9H2,2-4H3;1H. The topological polar surface area (TPSA) is 29.5 Å². The summed E-state index contributed by atoms with van der Waals surface area (Å²) in [4.78, 5) is 13.7. The van der Waals surface area contributed by atoms with Crippen LogP contribution in [0.3, 0.4) is 0 Å². The van der Waals surface area contributed by atoms with Crippen molar-refractivity contribution in [2.24, 2.45) is 0 Å². The van der Waals surface area contributed by atoms with E-state index < -0.39 is 0 Å². The molecule has 0 aliphatic heterocycles. The van der Waals surface area contributed by atoms with Gasteiger partial charge in [0.15, 0.2) is 5.78 Å². The molecule has 1 saturated carbocycles. The number of carbonyl (C=O) groups is 1. The monoisotopic (exact) mass is 261 g/mol. The van der Waals surface area contributed by atoms with Crippen LogP contribution in [0.4, 0.5) is 0 Å². The van der Waals surface area contributed by atoms with Gasteiger partial charge in [0, 0.05) is 13.0 Å². The van der Waals surface area contributed by atoms with E-state index in [1.54, 1.807) is 0 Å². The summed E-state index contributed by atoms with van der Waals surface area (Å²) in [5.74, 6) is 0.260. The third kappa shape index (κ3) is 5.66. The Hall–Kier alpha value is -0.380. The molecule has 0 heterocycles. The molecule has 1 fully saturated rings. The minimum absolute atomic E-state index is 0. The lowest BCUT2D eigenvalue weighted by molar-refractivity contribution is -0.136. The Morgan fingerprint density at radius 1 is 1.53 bits per heavy atom. The molecule has 0 aromatic carbocycles. The SMILES string of the molecule is C=C(C)C(CN(C)C)OC1CCCCC1=O.Cl. The molecule has 0 N–H and O–H groups in total. The number of rotatable bonds is 5. The lowest BCUT2D eigenvalue weighted by Crippen LogP contribution is -2.37. The fourth-order valence-corrected chi connectivity index (χ4v) is 1.94. The Bertz CT molecular complexity index is 266. The van der Waals surface area contributed by atoms with E-state index in [0.29, 0.717) is 6.42 Å². The molecule has 0 bridgehead atoms. The lowest BCUT2D eigenvalue weighted by Gasteiger charge is -2.28. The van der Waals surface area contributed by atoms with E-state index >= 15 is 0 Å². The van der Waals surface area contributed by atoms with Crippen LogP contribution in [0.5, 0.6) is 0 Å². The van der Waals surface area contributed by atoms with Crippen molar-refractivity contribution in [2.45, 2.75) is 44.8 Å². The number of ether oxygens (including phenoxy) is 1. The fourth-order valence-electron chi connectivity index (χ4n) is 1.94. The van der Waals surface area contributed by atoms with Gasteiger partial charge in [0.25, 0.3) is 0 Å². The maximum atomic E-state index is 11.7. The van der Waals surface area contributed by atoms with Gasteiger partial charge in [-0.3, -0.25) is 4.79 Å². The van der Waals surface area contributed by atoms with Crippen molar-refractivity contribution < 1.29 is 9.53 Å². The predicted octanol–water partition coefficient (Wildman–Crippen LogP) is 2.44. The highest BCUT2D eigenvalue weighted by Gasteiger charge is 2.26.